The van der Waals surface area contributed by atoms with Gasteiger partial charge < -0.3 is 9.88 Å². The molecular weight excluding hydrogens is 260 g/mol. The van der Waals surface area contributed by atoms with Gasteiger partial charge in [0.25, 0.3) is 6.43 Å². The Morgan fingerprint density at radius 2 is 2.17 bits per heavy atom. The number of hydrogen-bond acceptors (Lipinski definition) is 2. The van der Waals surface area contributed by atoms with E-state index in [4.69, 9.17) is 11.6 Å². The van der Waals surface area contributed by atoms with E-state index in [1.807, 2.05) is 0 Å². The number of alkyl halides is 2. The van der Waals surface area contributed by atoms with E-state index in [1.54, 1.807) is 41.7 Å². The summed E-state index contributed by atoms with van der Waals surface area (Å²) in [6.45, 7) is 0.0485. The highest BCUT2D eigenvalue weighted by molar-refractivity contribution is 6.29. The maximum atomic E-state index is 12.6. The molecule has 2 aromatic rings. The van der Waals surface area contributed by atoms with Crippen molar-refractivity contribution in [2.45, 2.75) is 13.0 Å². The Kier molecular flexibility index (Phi) is 4.15. The number of hydrogen-bond donors (Lipinski definition) is 1. The summed E-state index contributed by atoms with van der Waals surface area (Å²) in [4.78, 5) is 8.38. The highest BCUT2D eigenvalue weighted by Crippen LogP contribution is 2.18. The van der Waals surface area contributed by atoms with Gasteiger partial charge >= 0.3 is 0 Å². The highest BCUT2D eigenvalue weighted by atomic mass is 35.5. The van der Waals surface area contributed by atoms with Crippen LogP contribution in [0, 0.1) is 0 Å². The van der Waals surface area contributed by atoms with Crippen LogP contribution in [0.15, 0.2) is 36.8 Å². The molecule has 2 aromatic heterocycles. The third-order valence-corrected chi connectivity index (χ3v) is 2.69. The lowest BCUT2D eigenvalue weighted by Gasteiger charge is -2.22. The lowest BCUT2D eigenvalue weighted by molar-refractivity contribution is 0.154. The van der Waals surface area contributed by atoms with Gasteiger partial charge in [-0.15, -0.1) is 0 Å². The van der Waals surface area contributed by atoms with Crippen molar-refractivity contribution in [3.05, 3.63) is 47.5 Å². The van der Waals surface area contributed by atoms with E-state index in [-0.39, 0.29) is 6.54 Å². The third kappa shape index (κ3) is 3.43. The second-order valence-electron chi connectivity index (χ2n) is 3.83. The first-order valence-electron chi connectivity index (χ1n) is 5.41. The zero-order chi connectivity index (χ0) is 13.0. The molecule has 0 aliphatic carbocycles. The van der Waals surface area contributed by atoms with Crippen LogP contribution in [0.2, 0.25) is 5.15 Å². The lowest BCUT2D eigenvalue weighted by Crippen LogP contribution is -2.28. The SMILES string of the molecule is FC(F)CN(Cc1ccc(Cl)nc1)c1cc[nH]c1. The molecule has 1 N–H and O–H groups in total. The molecule has 0 bridgehead atoms. The summed E-state index contributed by atoms with van der Waals surface area (Å²) in [5.41, 5.74) is 1.56. The average molecular weight is 272 g/mol. The molecule has 0 atom stereocenters. The number of anilines is 1. The molecule has 3 nitrogen and oxygen atoms in total. The predicted octanol–water partition coefficient (Wildman–Crippen LogP) is 3.33. The molecule has 0 fully saturated rings. The van der Waals surface area contributed by atoms with E-state index in [2.05, 4.69) is 9.97 Å². The Bertz CT molecular complexity index is 471. The lowest BCUT2D eigenvalue weighted by atomic mass is 10.2. The van der Waals surface area contributed by atoms with Gasteiger partial charge in [0.2, 0.25) is 0 Å². The molecule has 2 rings (SSSR count). The number of aromatic amines is 1. The molecular formula is C12H12ClF2N3. The molecule has 0 saturated heterocycles. The van der Waals surface area contributed by atoms with Crippen molar-refractivity contribution >= 4 is 17.3 Å². The van der Waals surface area contributed by atoms with Gasteiger partial charge in [0.15, 0.2) is 0 Å². The van der Waals surface area contributed by atoms with Gasteiger partial charge in [-0.05, 0) is 17.7 Å². The molecule has 18 heavy (non-hydrogen) atoms. The van der Waals surface area contributed by atoms with Crippen molar-refractivity contribution in [2.75, 3.05) is 11.4 Å². The Morgan fingerprint density at radius 1 is 1.33 bits per heavy atom. The van der Waals surface area contributed by atoms with Crippen molar-refractivity contribution in [1.29, 1.82) is 0 Å². The maximum Gasteiger partial charge on any atom is 0.255 e. The topological polar surface area (TPSA) is 31.9 Å². The summed E-state index contributed by atoms with van der Waals surface area (Å²) in [6.07, 6.45) is 2.59. The largest absolute Gasteiger partial charge is 0.366 e. The molecule has 0 aliphatic heterocycles. The second kappa shape index (κ2) is 5.82. The summed E-state index contributed by atoms with van der Waals surface area (Å²) < 4.78 is 25.1. The van der Waals surface area contributed by atoms with Crippen LogP contribution in [-0.2, 0) is 6.54 Å². The van der Waals surface area contributed by atoms with E-state index in [9.17, 15) is 8.78 Å². The predicted molar refractivity (Wildman–Crippen MR) is 67.1 cm³/mol. The Labute approximate surface area is 108 Å². The van der Waals surface area contributed by atoms with Gasteiger partial charge in [-0.2, -0.15) is 0 Å². The van der Waals surface area contributed by atoms with Crippen molar-refractivity contribution in [3.8, 4) is 0 Å². The van der Waals surface area contributed by atoms with E-state index in [0.29, 0.717) is 11.7 Å². The molecule has 0 amide bonds. The fourth-order valence-corrected chi connectivity index (χ4v) is 1.77. The molecule has 0 spiro atoms. The Hall–Kier alpha value is -1.62. The van der Waals surface area contributed by atoms with Crippen LogP contribution in [-0.4, -0.2) is 22.9 Å². The number of halogens is 3. The molecule has 0 aromatic carbocycles. The zero-order valence-electron chi connectivity index (χ0n) is 9.48. The monoisotopic (exact) mass is 271 g/mol. The number of nitrogens with zero attached hydrogens (tertiary/aromatic N) is 2. The van der Waals surface area contributed by atoms with Crippen LogP contribution < -0.4 is 4.90 Å². The quantitative estimate of drug-likeness (QED) is 0.846. The minimum atomic E-state index is -2.39. The van der Waals surface area contributed by atoms with Crippen molar-refractivity contribution in [3.63, 3.8) is 0 Å². The minimum absolute atomic E-state index is 0.319. The summed E-state index contributed by atoms with van der Waals surface area (Å²) in [6, 6.07) is 5.18. The van der Waals surface area contributed by atoms with Crippen LogP contribution in [0.1, 0.15) is 5.56 Å². The molecule has 0 radical (unpaired) electrons. The Balaban J connectivity index is 2.12. The molecule has 2 heterocycles. The van der Waals surface area contributed by atoms with Crippen LogP contribution >= 0.6 is 11.6 Å². The summed E-state index contributed by atoms with van der Waals surface area (Å²) in [5, 5.41) is 0.390. The first-order valence-corrected chi connectivity index (χ1v) is 5.79. The van der Waals surface area contributed by atoms with Crippen LogP contribution in [0.3, 0.4) is 0 Å². The van der Waals surface area contributed by atoms with E-state index < -0.39 is 6.43 Å². The van der Waals surface area contributed by atoms with Gasteiger partial charge in [-0.3, -0.25) is 0 Å². The molecule has 0 unspecified atom stereocenters. The normalized spacial score (nSPS) is 10.9. The van der Waals surface area contributed by atoms with Gasteiger partial charge in [0.1, 0.15) is 5.15 Å². The first-order chi connectivity index (χ1) is 8.65. The summed E-state index contributed by atoms with van der Waals surface area (Å²) >= 11 is 5.68. The fraction of sp³-hybridized carbons (Fsp3) is 0.250. The van der Waals surface area contributed by atoms with Crippen molar-refractivity contribution in [2.24, 2.45) is 0 Å². The minimum Gasteiger partial charge on any atom is -0.366 e. The molecule has 6 heteroatoms. The van der Waals surface area contributed by atoms with Crippen molar-refractivity contribution in [1.82, 2.24) is 9.97 Å². The fourth-order valence-electron chi connectivity index (χ4n) is 1.66. The molecule has 0 aliphatic rings. The summed E-state index contributed by atoms with van der Waals surface area (Å²) in [7, 11) is 0. The number of aromatic nitrogens is 2. The van der Waals surface area contributed by atoms with Gasteiger partial charge in [-0.25, -0.2) is 13.8 Å². The van der Waals surface area contributed by atoms with Gasteiger partial charge in [-0.1, -0.05) is 17.7 Å². The highest BCUT2D eigenvalue weighted by Gasteiger charge is 2.13. The zero-order valence-corrected chi connectivity index (χ0v) is 10.2. The van der Waals surface area contributed by atoms with E-state index >= 15 is 0 Å². The third-order valence-electron chi connectivity index (χ3n) is 2.47. The number of rotatable bonds is 5. The maximum absolute atomic E-state index is 12.6. The van der Waals surface area contributed by atoms with Crippen LogP contribution in [0.25, 0.3) is 0 Å². The smallest absolute Gasteiger partial charge is 0.255 e. The van der Waals surface area contributed by atoms with E-state index in [1.165, 1.54) is 0 Å². The Morgan fingerprint density at radius 3 is 2.72 bits per heavy atom. The van der Waals surface area contributed by atoms with Gasteiger partial charge in [0.05, 0.1) is 12.2 Å². The average Bonchev–Trinajstić information content (AvgIpc) is 2.84. The van der Waals surface area contributed by atoms with Crippen molar-refractivity contribution < 1.29 is 8.78 Å². The molecule has 96 valence electrons. The van der Waals surface area contributed by atoms with Gasteiger partial charge in [0, 0.05) is 25.1 Å². The first kappa shape index (κ1) is 12.8. The molecule has 0 saturated carbocycles. The standard InChI is InChI=1S/C12H12ClF2N3/c13-11-2-1-9(5-17-11)7-18(8-12(14)15)10-3-4-16-6-10/h1-6,12,16H,7-8H2. The number of pyridine rings is 1. The number of nitrogens with one attached hydrogen (secondary N) is 1. The summed E-state index contributed by atoms with van der Waals surface area (Å²) in [5.74, 6) is 0. The van der Waals surface area contributed by atoms with E-state index in [0.717, 1.165) is 11.3 Å². The second-order valence-corrected chi connectivity index (χ2v) is 4.22. The number of H-pyrrole nitrogens is 1. The van der Waals surface area contributed by atoms with Crippen LogP contribution in [0.5, 0.6) is 0 Å². The van der Waals surface area contributed by atoms with Crippen LogP contribution in [0.4, 0.5) is 14.5 Å².